The standard InChI is InChI=1S/2C27H22N4O/c1-17-7-10-21(16-29-17)22-13-14-23-26(27(22)32)31-25(19-5-3-2-4-6-19)24(30-23)20-11-8-18(15-28)9-12-20;1-17-7-10-21(16-29-17)22-13-14-23-26(27(22)32)31-25(20-11-8-18(15-28)9-12-20)24(30-23)19-5-3-2-4-6-19/h2*2-14,16,32H,15,28H2,1H3. The molecule has 10 heteroatoms. The van der Waals surface area contributed by atoms with E-state index in [2.05, 4.69) is 9.97 Å². The molecule has 10 aromatic rings. The lowest BCUT2D eigenvalue weighted by Gasteiger charge is -2.13. The van der Waals surface area contributed by atoms with E-state index in [1.165, 1.54) is 0 Å². The van der Waals surface area contributed by atoms with Gasteiger partial charge in [0.25, 0.3) is 0 Å². The minimum absolute atomic E-state index is 0.0973. The molecule has 10 rings (SSSR count). The molecule has 312 valence electrons. The summed E-state index contributed by atoms with van der Waals surface area (Å²) in [7, 11) is 0. The number of pyridine rings is 2. The molecule has 0 spiro atoms. The van der Waals surface area contributed by atoms with Gasteiger partial charge in [0.1, 0.15) is 11.0 Å². The molecular formula is C54H44N8O2. The van der Waals surface area contributed by atoms with E-state index in [9.17, 15) is 10.2 Å². The van der Waals surface area contributed by atoms with Crippen LogP contribution in [-0.4, -0.2) is 40.1 Å². The highest BCUT2D eigenvalue weighted by Crippen LogP contribution is 2.40. The molecule has 0 saturated heterocycles. The van der Waals surface area contributed by atoms with Crippen molar-refractivity contribution in [3.8, 4) is 78.8 Å². The van der Waals surface area contributed by atoms with Gasteiger partial charge in [-0.2, -0.15) is 0 Å². The molecule has 0 radical (unpaired) electrons. The molecule has 0 amide bonds. The third-order valence-corrected chi connectivity index (χ3v) is 11.1. The quantitative estimate of drug-likeness (QED) is 0.115. The predicted molar refractivity (Wildman–Crippen MR) is 256 cm³/mol. The molecule has 10 nitrogen and oxygen atoms in total. The number of aromatic hydroxyl groups is 2. The fraction of sp³-hybridized carbons (Fsp3) is 0.0741. The van der Waals surface area contributed by atoms with Gasteiger partial charge < -0.3 is 21.7 Å². The SMILES string of the molecule is Cc1ccc(-c2ccc3nc(-c4ccc(CN)cc4)c(-c4ccccc4)nc3c2O)cn1.Cc1ccc(-c2ccc3nc(-c4ccccc4)c(-c4ccc(CN)cc4)nc3c2O)cn1. The summed E-state index contributed by atoms with van der Waals surface area (Å²) in [6.07, 6.45) is 3.52. The molecule has 4 heterocycles. The van der Waals surface area contributed by atoms with Crippen LogP contribution in [0.2, 0.25) is 0 Å². The smallest absolute Gasteiger partial charge is 0.151 e. The minimum Gasteiger partial charge on any atom is -0.505 e. The number of nitrogens with two attached hydrogens (primary N) is 2. The first-order valence-corrected chi connectivity index (χ1v) is 20.9. The van der Waals surface area contributed by atoms with Gasteiger partial charge >= 0.3 is 0 Å². The van der Waals surface area contributed by atoms with E-state index in [1.807, 2.05) is 172 Å². The van der Waals surface area contributed by atoms with Crippen molar-refractivity contribution in [2.75, 3.05) is 0 Å². The van der Waals surface area contributed by atoms with Crippen molar-refractivity contribution in [1.82, 2.24) is 29.9 Å². The van der Waals surface area contributed by atoms with Gasteiger partial charge in [-0.3, -0.25) is 9.97 Å². The molecule has 6 N–H and O–H groups in total. The minimum atomic E-state index is 0.0973. The first-order chi connectivity index (χ1) is 31.3. The van der Waals surface area contributed by atoms with Crippen LogP contribution in [-0.2, 0) is 13.1 Å². The summed E-state index contributed by atoms with van der Waals surface area (Å²) in [6.45, 7) is 4.83. The van der Waals surface area contributed by atoms with Crippen LogP contribution in [0.15, 0.2) is 170 Å². The number of aromatic nitrogens is 6. The average molecular weight is 837 g/mol. The van der Waals surface area contributed by atoms with Crippen molar-refractivity contribution in [1.29, 1.82) is 0 Å². The molecule has 4 aromatic heterocycles. The lowest BCUT2D eigenvalue weighted by atomic mass is 10.0. The summed E-state index contributed by atoms with van der Waals surface area (Å²) >= 11 is 0. The lowest BCUT2D eigenvalue weighted by Crippen LogP contribution is -1.98. The van der Waals surface area contributed by atoms with Gasteiger partial charge in [-0.15, -0.1) is 0 Å². The topological polar surface area (TPSA) is 170 Å². The second-order valence-corrected chi connectivity index (χ2v) is 15.4. The highest BCUT2D eigenvalue weighted by molar-refractivity contribution is 5.95. The number of hydrogen-bond donors (Lipinski definition) is 4. The van der Waals surface area contributed by atoms with E-state index in [4.69, 9.17) is 31.4 Å². The molecule has 0 atom stereocenters. The van der Waals surface area contributed by atoms with Crippen LogP contribution < -0.4 is 11.5 Å². The zero-order valence-electron chi connectivity index (χ0n) is 35.3. The second-order valence-electron chi connectivity index (χ2n) is 15.4. The summed E-state index contributed by atoms with van der Waals surface area (Å²) in [5, 5.41) is 22.3. The maximum Gasteiger partial charge on any atom is 0.151 e. The third-order valence-electron chi connectivity index (χ3n) is 11.1. The average Bonchev–Trinajstić information content (AvgIpc) is 3.35. The maximum absolute atomic E-state index is 11.1. The van der Waals surface area contributed by atoms with Crippen LogP contribution in [0.3, 0.4) is 0 Å². The molecule has 0 fully saturated rings. The van der Waals surface area contributed by atoms with Crippen LogP contribution in [0.1, 0.15) is 22.5 Å². The summed E-state index contributed by atoms with van der Waals surface area (Å²) in [4.78, 5) is 28.4. The van der Waals surface area contributed by atoms with Crippen molar-refractivity contribution < 1.29 is 10.2 Å². The van der Waals surface area contributed by atoms with E-state index in [-0.39, 0.29) is 11.5 Å². The van der Waals surface area contributed by atoms with Crippen LogP contribution in [0.25, 0.3) is 89.4 Å². The largest absolute Gasteiger partial charge is 0.505 e. The molecule has 0 aliphatic heterocycles. The van der Waals surface area contributed by atoms with E-state index >= 15 is 0 Å². The lowest BCUT2D eigenvalue weighted by molar-refractivity contribution is 0.481. The molecule has 64 heavy (non-hydrogen) atoms. The van der Waals surface area contributed by atoms with Gasteiger partial charge in [0, 0.05) is 81.4 Å². The Morgan fingerprint density at radius 1 is 0.375 bits per heavy atom. The summed E-state index contributed by atoms with van der Waals surface area (Å²) < 4.78 is 0. The van der Waals surface area contributed by atoms with Crippen LogP contribution >= 0.6 is 0 Å². The van der Waals surface area contributed by atoms with Crippen LogP contribution in [0.4, 0.5) is 0 Å². The van der Waals surface area contributed by atoms with Crippen molar-refractivity contribution in [2.24, 2.45) is 11.5 Å². The highest BCUT2D eigenvalue weighted by Gasteiger charge is 2.19. The summed E-state index contributed by atoms with van der Waals surface area (Å²) in [6, 6.07) is 51.1. The van der Waals surface area contributed by atoms with Crippen molar-refractivity contribution >= 4 is 22.1 Å². The Labute approximate surface area is 370 Å². The van der Waals surface area contributed by atoms with Gasteiger partial charge in [-0.05, 0) is 61.4 Å². The van der Waals surface area contributed by atoms with Crippen molar-refractivity contribution in [3.05, 3.63) is 193 Å². The normalized spacial score (nSPS) is 11.1. The first-order valence-electron chi connectivity index (χ1n) is 20.9. The number of hydrogen-bond acceptors (Lipinski definition) is 10. The summed E-state index contributed by atoms with van der Waals surface area (Å²) in [5.41, 5.74) is 27.4. The number of phenolic OH excluding ortho intramolecular Hbond substituents is 2. The van der Waals surface area contributed by atoms with Gasteiger partial charge in [-0.1, -0.05) is 121 Å². The number of benzene rings is 6. The maximum atomic E-state index is 11.1. The number of nitrogens with zero attached hydrogens (tertiary/aromatic N) is 6. The Bertz CT molecular complexity index is 3240. The van der Waals surface area contributed by atoms with Gasteiger partial charge in [0.05, 0.1) is 33.8 Å². The molecule has 0 unspecified atom stereocenters. The summed E-state index contributed by atoms with van der Waals surface area (Å²) in [5.74, 6) is 0.197. The van der Waals surface area contributed by atoms with E-state index in [0.29, 0.717) is 57.7 Å². The van der Waals surface area contributed by atoms with Crippen molar-refractivity contribution in [3.63, 3.8) is 0 Å². The van der Waals surface area contributed by atoms with E-state index in [0.717, 1.165) is 67.3 Å². The highest BCUT2D eigenvalue weighted by atomic mass is 16.3. The molecule has 0 aliphatic rings. The van der Waals surface area contributed by atoms with Gasteiger partial charge in [0.2, 0.25) is 0 Å². The second kappa shape index (κ2) is 18.0. The van der Waals surface area contributed by atoms with Gasteiger partial charge in [-0.25, -0.2) is 19.9 Å². The zero-order chi connectivity index (χ0) is 44.2. The fourth-order valence-electron chi connectivity index (χ4n) is 7.53. The molecular weight excluding hydrogens is 793 g/mol. The predicted octanol–water partition coefficient (Wildman–Crippen LogP) is 11.0. The van der Waals surface area contributed by atoms with Crippen molar-refractivity contribution in [2.45, 2.75) is 26.9 Å². The number of fused-ring (bicyclic) bond motifs is 2. The Balaban J connectivity index is 0.000000162. The Kier molecular flexibility index (Phi) is 11.6. The Hall–Kier alpha value is -8.18. The van der Waals surface area contributed by atoms with E-state index < -0.39 is 0 Å². The van der Waals surface area contributed by atoms with E-state index in [1.54, 1.807) is 12.4 Å². The zero-order valence-corrected chi connectivity index (χ0v) is 35.3. The Morgan fingerprint density at radius 3 is 1.06 bits per heavy atom. The molecule has 0 aliphatic carbocycles. The number of phenols is 2. The monoisotopic (exact) mass is 836 g/mol. The third kappa shape index (κ3) is 8.38. The number of rotatable bonds is 8. The Morgan fingerprint density at radius 2 is 0.719 bits per heavy atom. The van der Waals surface area contributed by atoms with Crippen LogP contribution in [0, 0.1) is 13.8 Å². The van der Waals surface area contributed by atoms with Crippen LogP contribution in [0.5, 0.6) is 11.5 Å². The molecule has 0 bridgehead atoms. The fourth-order valence-corrected chi connectivity index (χ4v) is 7.53. The molecule has 6 aromatic carbocycles. The first kappa shape index (κ1) is 41.2. The molecule has 0 saturated carbocycles. The number of aryl methyl sites for hydroxylation is 2. The van der Waals surface area contributed by atoms with Gasteiger partial charge in [0.15, 0.2) is 11.5 Å².